The highest BCUT2D eigenvalue weighted by Crippen LogP contribution is 2.26. The molecule has 2 heterocycles. The second-order valence-electron chi connectivity index (χ2n) is 6.99. The molecule has 0 unspecified atom stereocenters. The van der Waals surface area contributed by atoms with Gasteiger partial charge in [-0.2, -0.15) is 0 Å². The number of halogens is 1. The molecule has 0 atom stereocenters. The normalized spacial score (nSPS) is 18.8. The van der Waals surface area contributed by atoms with E-state index < -0.39 is 0 Å². The van der Waals surface area contributed by atoms with E-state index in [1.54, 1.807) is 0 Å². The highest BCUT2D eigenvalue weighted by molar-refractivity contribution is 14.1. The molecule has 0 spiro atoms. The first-order chi connectivity index (χ1) is 12.2. The van der Waals surface area contributed by atoms with Gasteiger partial charge in [0.2, 0.25) is 0 Å². The number of hydrogen-bond donors (Lipinski definition) is 0. The Morgan fingerprint density at radius 3 is 2.36 bits per heavy atom. The Morgan fingerprint density at radius 1 is 0.920 bits per heavy atom. The molecule has 25 heavy (non-hydrogen) atoms. The van der Waals surface area contributed by atoms with Crippen molar-refractivity contribution in [2.75, 3.05) is 19.6 Å². The molecule has 2 aromatic carbocycles. The van der Waals surface area contributed by atoms with Gasteiger partial charge in [0.25, 0.3) is 5.91 Å². The van der Waals surface area contributed by atoms with Crippen LogP contribution in [0.3, 0.4) is 0 Å². The molecule has 4 heteroatoms. The van der Waals surface area contributed by atoms with Gasteiger partial charge in [0.15, 0.2) is 0 Å². The number of hydrogen-bond acceptors (Lipinski definition) is 2. The minimum atomic E-state index is 0.187. The first-order valence-corrected chi connectivity index (χ1v) is 10.1. The third-order valence-corrected chi connectivity index (χ3v) is 6.47. The molecule has 2 aliphatic heterocycles. The number of benzene rings is 2. The summed E-state index contributed by atoms with van der Waals surface area (Å²) < 4.78 is 1.04. The summed E-state index contributed by atoms with van der Waals surface area (Å²) in [7, 11) is 0. The van der Waals surface area contributed by atoms with Gasteiger partial charge in [-0.05, 0) is 65.1 Å². The van der Waals surface area contributed by atoms with Crippen molar-refractivity contribution in [1.29, 1.82) is 0 Å². The van der Waals surface area contributed by atoms with Crippen molar-refractivity contribution in [2.45, 2.75) is 31.8 Å². The second kappa shape index (κ2) is 7.46. The average molecular weight is 446 g/mol. The molecule has 4 rings (SSSR count). The van der Waals surface area contributed by atoms with Gasteiger partial charge in [0, 0.05) is 35.8 Å². The maximum absolute atomic E-state index is 12.8. The Morgan fingerprint density at radius 2 is 1.60 bits per heavy atom. The topological polar surface area (TPSA) is 23.6 Å². The van der Waals surface area contributed by atoms with E-state index in [0.717, 1.165) is 54.6 Å². The van der Waals surface area contributed by atoms with Gasteiger partial charge in [-0.15, -0.1) is 0 Å². The van der Waals surface area contributed by atoms with Crippen molar-refractivity contribution in [2.24, 2.45) is 0 Å². The third kappa shape index (κ3) is 3.60. The highest BCUT2D eigenvalue weighted by atomic mass is 127. The highest BCUT2D eigenvalue weighted by Gasteiger charge is 2.29. The van der Waals surface area contributed by atoms with E-state index >= 15 is 0 Å². The molecule has 0 aromatic heterocycles. The zero-order valence-electron chi connectivity index (χ0n) is 14.3. The van der Waals surface area contributed by atoms with E-state index in [4.69, 9.17) is 0 Å². The first kappa shape index (κ1) is 17.0. The lowest BCUT2D eigenvalue weighted by Gasteiger charge is -2.40. The van der Waals surface area contributed by atoms with Gasteiger partial charge in [0.1, 0.15) is 0 Å². The molecular formula is C21H23IN2O. The van der Waals surface area contributed by atoms with Crippen LogP contribution in [-0.2, 0) is 13.0 Å². The fraction of sp³-hybridized carbons (Fsp3) is 0.381. The quantitative estimate of drug-likeness (QED) is 0.653. The van der Waals surface area contributed by atoms with Crippen LogP contribution in [0, 0.1) is 3.57 Å². The van der Waals surface area contributed by atoms with E-state index in [2.05, 4.69) is 51.8 Å². The molecule has 0 bridgehead atoms. The van der Waals surface area contributed by atoms with Crippen LogP contribution in [0.25, 0.3) is 0 Å². The van der Waals surface area contributed by atoms with E-state index in [9.17, 15) is 4.79 Å². The number of amides is 1. The Balaban J connectivity index is 1.38. The Hall–Kier alpha value is -1.40. The summed E-state index contributed by atoms with van der Waals surface area (Å²) in [6, 6.07) is 17.3. The minimum Gasteiger partial charge on any atom is -0.338 e. The molecule has 1 saturated heterocycles. The summed E-state index contributed by atoms with van der Waals surface area (Å²) in [5.41, 5.74) is 3.82. The molecule has 0 aliphatic carbocycles. The van der Waals surface area contributed by atoms with Crippen LogP contribution in [0.4, 0.5) is 0 Å². The molecule has 0 radical (unpaired) electrons. The fourth-order valence-corrected chi connectivity index (χ4v) is 4.69. The second-order valence-corrected chi connectivity index (χ2v) is 8.15. The summed E-state index contributed by atoms with van der Waals surface area (Å²) in [5, 5.41) is 0. The minimum absolute atomic E-state index is 0.187. The molecule has 1 fully saturated rings. The number of carbonyl (C=O) groups is 1. The monoisotopic (exact) mass is 446 g/mol. The Bertz CT molecular complexity index is 768. The molecular weight excluding hydrogens is 423 g/mol. The molecule has 1 amide bonds. The summed E-state index contributed by atoms with van der Waals surface area (Å²) >= 11 is 2.26. The van der Waals surface area contributed by atoms with E-state index in [1.807, 2.05) is 29.2 Å². The van der Waals surface area contributed by atoms with Gasteiger partial charge < -0.3 is 4.90 Å². The van der Waals surface area contributed by atoms with Gasteiger partial charge in [-0.25, -0.2) is 0 Å². The van der Waals surface area contributed by atoms with E-state index in [1.165, 1.54) is 11.1 Å². The number of likely N-dealkylation sites (tertiary alicyclic amines) is 1. The number of piperidine rings is 1. The van der Waals surface area contributed by atoms with Crippen molar-refractivity contribution in [1.82, 2.24) is 9.80 Å². The van der Waals surface area contributed by atoms with E-state index in [0.29, 0.717) is 6.04 Å². The van der Waals surface area contributed by atoms with Crippen LogP contribution < -0.4 is 0 Å². The lowest BCUT2D eigenvalue weighted by molar-refractivity contribution is 0.0598. The molecule has 0 N–H and O–H groups in total. The molecule has 2 aliphatic rings. The summed E-state index contributed by atoms with van der Waals surface area (Å²) in [4.78, 5) is 17.4. The largest absolute Gasteiger partial charge is 0.338 e. The molecule has 0 saturated carbocycles. The van der Waals surface area contributed by atoms with Gasteiger partial charge in [-0.1, -0.05) is 36.4 Å². The van der Waals surface area contributed by atoms with Crippen molar-refractivity contribution in [3.05, 3.63) is 68.8 Å². The standard InChI is InChI=1S/C21H23IN2O/c22-20-8-4-3-7-19(20)21(25)23-13-10-18(11-14-23)24-12-9-16-5-1-2-6-17(16)15-24/h1-8,18H,9-15H2. The SMILES string of the molecule is O=C(c1ccccc1I)N1CCC(N2CCc3ccccc3C2)CC1. The van der Waals surface area contributed by atoms with Crippen LogP contribution in [0.2, 0.25) is 0 Å². The Labute approximate surface area is 163 Å². The molecule has 3 nitrogen and oxygen atoms in total. The first-order valence-electron chi connectivity index (χ1n) is 9.07. The smallest absolute Gasteiger partial charge is 0.254 e. The summed E-state index contributed by atoms with van der Waals surface area (Å²) in [5.74, 6) is 0.187. The number of fused-ring (bicyclic) bond motifs is 1. The molecule has 2 aromatic rings. The lowest BCUT2D eigenvalue weighted by Crippen LogP contribution is -2.48. The number of nitrogens with zero attached hydrogens (tertiary/aromatic N) is 2. The lowest BCUT2D eigenvalue weighted by atomic mass is 9.95. The average Bonchev–Trinajstić information content (AvgIpc) is 2.67. The van der Waals surface area contributed by atoms with Crippen molar-refractivity contribution in [3.8, 4) is 0 Å². The summed E-state index contributed by atoms with van der Waals surface area (Å²) in [6.07, 6.45) is 3.31. The Kier molecular flexibility index (Phi) is 5.08. The predicted molar refractivity (Wildman–Crippen MR) is 109 cm³/mol. The van der Waals surface area contributed by atoms with Crippen molar-refractivity contribution >= 4 is 28.5 Å². The fourth-order valence-electron chi connectivity index (χ4n) is 4.07. The van der Waals surface area contributed by atoms with E-state index in [-0.39, 0.29) is 5.91 Å². The van der Waals surface area contributed by atoms with Gasteiger partial charge in [0.05, 0.1) is 5.56 Å². The zero-order valence-corrected chi connectivity index (χ0v) is 16.5. The summed E-state index contributed by atoms with van der Waals surface area (Å²) in [6.45, 7) is 3.94. The van der Waals surface area contributed by atoms with Crippen LogP contribution in [0.1, 0.15) is 34.3 Å². The van der Waals surface area contributed by atoms with Crippen LogP contribution in [-0.4, -0.2) is 41.4 Å². The van der Waals surface area contributed by atoms with Crippen LogP contribution >= 0.6 is 22.6 Å². The third-order valence-electron chi connectivity index (χ3n) is 5.53. The predicted octanol–water partition coefficient (Wildman–Crippen LogP) is 3.95. The van der Waals surface area contributed by atoms with Gasteiger partial charge >= 0.3 is 0 Å². The zero-order chi connectivity index (χ0) is 17.2. The number of rotatable bonds is 2. The number of carbonyl (C=O) groups excluding carboxylic acids is 1. The van der Waals surface area contributed by atoms with Gasteiger partial charge in [-0.3, -0.25) is 9.69 Å². The van der Waals surface area contributed by atoms with Crippen LogP contribution in [0.5, 0.6) is 0 Å². The van der Waals surface area contributed by atoms with Crippen molar-refractivity contribution in [3.63, 3.8) is 0 Å². The van der Waals surface area contributed by atoms with Crippen LogP contribution in [0.15, 0.2) is 48.5 Å². The maximum Gasteiger partial charge on any atom is 0.254 e. The van der Waals surface area contributed by atoms with Crippen molar-refractivity contribution < 1.29 is 4.79 Å². The maximum atomic E-state index is 12.8. The molecule has 130 valence electrons.